The molecule has 0 aliphatic carbocycles. The van der Waals surface area contributed by atoms with Gasteiger partial charge in [-0.1, -0.05) is 25.5 Å². The van der Waals surface area contributed by atoms with E-state index in [0.717, 1.165) is 24.0 Å². The third-order valence-corrected chi connectivity index (χ3v) is 6.66. The summed E-state index contributed by atoms with van der Waals surface area (Å²) in [7, 11) is 2.09. The van der Waals surface area contributed by atoms with Crippen LogP contribution in [0.25, 0.3) is 11.0 Å². The van der Waals surface area contributed by atoms with Crippen molar-refractivity contribution in [2.45, 2.75) is 58.5 Å². The minimum Gasteiger partial charge on any atom is -0.494 e. The molecule has 0 spiro atoms. The van der Waals surface area contributed by atoms with Gasteiger partial charge in [-0.15, -0.1) is 0 Å². The lowest BCUT2D eigenvalue weighted by atomic mass is 9.96. The number of anilines is 1. The van der Waals surface area contributed by atoms with Gasteiger partial charge in [0.05, 0.1) is 24.1 Å². The van der Waals surface area contributed by atoms with E-state index in [0.29, 0.717) is 25.3 Å². The summed E-state index contributed by atoms with van der Waals surface area (Å²) < 4.78 is 9.22. The van der Waals surface area contributed by atoms with E-state index in [1.807, 2.05) is 36.6 Å². The SMILES string of the molecule is CCC[C@@H](CC(=O)O)n1c(=O)n(CC2CN(C)c3cccc(C)c32)c2ccc(OCC)cc21. The van der Waals surface area contributed by atoms with E-state index in [1.165, 1.54) is 16.8 Å². The Morgan fingerprint density at radius 3 is 2.70 bits per heavy atom. The Balaban J connectivity index is 1.85. The topological polar surface area (TPSA) is 76.7 Å². The summed E-state index contributed by atoms with van der Waals surface area (Å²) >= 11 is 0. The molecule has 0 radical (unpaired) electrons. The molecule has 3 aromatic rings. The predicted molar refractivity (Wildman–Crippen MR) is 131 cm³/mol. The zero-order chi connectivity index (χ0) is 23.7. The van der Waals surface area contributed by atoms with Crippen LogP contribution in [0.4, 0.5) is 5.69 Å². The van der Waals surface area contributed by atoms with Crippen LogP contribution in [0, 0.1) is 6.92 Å². The van der Waals surface area contributed by atoms with Gasteiger partial charge in [-0.2, -0.15) is 0 Å². The van der Waals surface area contributed by atoms with Crippen molar-refractivity contribution in [1.82, 2.24) is 9.13 Å². The molecule has 0 bridgehead atoms. The molecule has 0 saturated heterocycles. The number of aryl methyl sites for hydroxylation is 1. The molecule has 0 fully saturated rings. The van der Waals surface area contributed by atoms with Crippen LogP contribution in [0.5, 0.6) is 5.75 Å². The first-order valence-corrected chi connectivity index (χ1v) is 11.8. The molecule has 176 valence electrons. The number of fused-ring (bicyclic) bond motifs is 2. The van der Waals surface area contributed by atoms with E-state index in [-0.39, 0.29) is 18.0 Å². The second-order valence-corrected chi connectivity index (χ2v) is 8.97. The van der Waals surface area contributed by atoms with Gasteiger partial charge in [0.1, 0.15) is 5.75 Å². The van der Waals surface area contributed by atoms with Crippen molar-refractivity contribution < 1.29 is 14.6 Å². The summed E-state index contributed by atoms with van der Waals surface area (Å²) in [4.78, 5) is 27.7. The van der Waals surface area contributed by atoms with Crippen molar-refractivity contribution >= 4 is 22.7 Å². The minimum absolute atomic E-state index is 0.0835. The quantitative estimate of drug-likeness (QED) is 0.516. The first-order valence-electron chi connectivity index (χ1n) is 11.8. The van der Waals surface area contributed by atoms with Gasteiger partial charge in [0, 0.05) is 43.9 Å². The molecule has 4 rings (SSSR count). The molecule has 1 N–H and O–H groups in total. The van der Waals surface area contributed by atoms with Gasteiger partial charge < -0.3 is 14.7 Å². The first kappa shape index (κ1) is 23.0. The Kier molecular flexibility index (Phi) is 6.49. The number of hydrogen-bond acceptors (Lipinski definition) is 4. The fraction of sp³-hybridized carbons (Fsp3) is 0.462. The third kappa shape index (κ3) is 4.24. The molecule has 0 saturated carbocycles. The largest absolute Gasteiger partial charge is 0.494 e. The summed E-state index contributed by atoms with van der Waals surface area (Å²) in [5, 5.41) is 9.53. The van der Waals surface area contributed by atoms with Crippen molar-refractivity contribution in [3.63, 3.8) is 0 Å². The van der Waals surface area contributed by atoms with Crippen LogP contribution in [-0.4, -0.2) is 40.4 Å². The zero-order valence-electron chi connectivity index (χ0n) is 19.9. The number of carbonyl (C=O) groups is 1. The van der Waals surface area contributed by atoms with Crippen LogP contribution in [0.3, 0.4) is 0 Å². The van der Waals surface area contributed by atoms with Gasteiger partial charge in [0.15, 0.2) is 0 Å². The average molecular weight is 452 g/mol. The minimum atomic E-state index is -0.899. The Morgan fingerprint density at radius 1 is 1.21 bits per heavy atom. The summed E-state index contributed by atoms with van der Waals surface area (Å²) in [6.45, 7) is 7.96. The maximum Gasteiger partial charge on any atom is 0.329 e. The van der Waals surface area contributed by atoms with Crippen LogP contribution in [0.1, 0.15) is 56.2 Å². The number of benzene rings is 2. The lowest BCUT2D eigenvalue weighted by molar-refractivity contribution is -0.137. The second-order valence-electron chi connectivity index (χ2n) is 8.97. The molecule has 1 unspecified atom stereocenters. The van der Waals surface area contributed by atoms with Crippen LogP contribution >= 0.6 is 0 Å². The van der Waals surface area contributed by atoms with Crippen molar-refractivity contribution in [2.75, 3.05) is 25.1 Å². The van der Waals surface area contributed by atoms with Crippen LogP contribution in [-0.2, 0) is 11.3 Å². The van der Waals surface area contributed by atoms with Gasteiger partial charge in [0.25, 0.3) is 0 Å². The van der Waals surface area contributed by atoms with Crippen molar-refractivity contribution in [3.8, 4) is 5.75 Å². The van der Waals surface area contributed by atoms with Crippen molar-refractivity contribution in [2.24, 2.45) is 0 Å². The summed E-state index contributed by atoms with van der Waals surface area (Å²) in [6.07, 6.45) is 1.33. The molecule has 1 aliphatic heterocycles. The monoisotopic (exact) mass is 451 g/mol. The molecule has 0 amide bonds. The Bertz CT molecular complexity index is 1230. The third-order valence-electron chi connectivity index (χ3n) is 6.66. The lowest BCUT2D eigenvalue weighted by Crippen LogP contribution is -2.30. The maximum absolute atomic E-state index is 13.8. The predicted octanol–water partition coefficient (Wildman–Crippen LogP) is 4.56. The number of imidazole rings is 1. The number of carboxylic acid groups (broad SMARTS) is 1. The number of aliphatic carboxylic acids is 1. The molecule has 2 aromatic carbocycles. The highest BCUT2D eigenvalue weighted by atomic mass is 16.5. The van der Waals surface area contributed by atoms with E-state index in [4.69, 9.17) is 4.74 Å². The highest BCUT2D eigenvalue weighted by Gasteiger charge is 2.30. The zero-order valence-corrected chi connectivity index (χ0v) is 19.9. The molecule has 33 heavy (non-hydrogen) atoms. The van der Waals surface area contributed by atoms with Crippen LogP contribution < -0.4 is 15.3 Å². The van der Waals surface area contributed by atoms with E-state index in [9.17, 15) is 14.7 Å². The molecule has 7 nitrogen and oxygen atoms in total. The Morgan fingerprint density at radius 2 is 2.00 bits per heavy atom. The van der Waals surface area contributed by atoms with Crippen molar-refractivity contribution in [1.29, 1.82) is 0 Å². The van der Waals surface area contributed by atoms with Crippen LogP contribution in [0.15, 0.2) is 41.2 Å². The normalized spacial score (nSPS) is 16.2. The number of carboxylic acids is 1. The van der Waals surface area contributed by atoms with Crippen LogP contribution in [0.2, 0.25) is 0 Å². The van der Waals surface area contributed by atoms with Gasteiger partial charge in [0.2, 0.25) is 0 Å². The highest BCUT2D eigenvalue weighted by Crippen LogP contribution is 2.39. The molecule has 2 heterocycles. The number of hydrogen-bond donors (Lipinski definition) is 1. The lowest BCUT2D eigenvalue weighted by Gasteiger charge is -2.16. The van der Waals surface area contributed by atoms with Gasteiger partial charge in [-0.05, 0) is 49.6 Å². The van der Waals surface area contributed by atoms with Gasteiger partial charge in [-0.25, -0.2) is 4.79 Å². The summed E-state index contributed by atoms with van der Waals surface area (Å²) in [5.41, 5.74) is 5.14. The molecule has 7 heteroatoms. The highest BCUT2D eigenvalue weighted by molar-refractivity contribution is 5.79. The Hall–Kier alpha value is -3.22. The van der Waals surface area contributed by atoms with E-state index in [2.05, 4.69) is 37.1 Å². The van der Waals surface area contributed by atoms with Gasteiger partial charge in [-0.3, -0.25) is 13.9 Å². The number of likely N-dealkylation sites (N-methyl/N-ethyl adjacent to an activating group) is 1. The fourth-order valence-corrected chi connectivity index (χ4v) is 5.32. The smallest absolute Gasteiger partial charge is 0.329 e. The molecular formula is C26H33N3O4. The fourth-order valence-electron chi connectivity index (χ4n) is 5.32. The number of ether oxygens (including phenoxy) is 1. The van der Waals surface area contributed by atoms with E-state index < -0.39 is 12.0 Å². The molecule has 2 atom stereocenters. The van der Waals surface area contributed by atoms with E-state index in [1.54, 1.807) is 4.57 Å². The standard InChI is InChI=1S/C26H33N3O4/c1-5-8-19(13-24(30)31)29-23-14-20(33-6-2)11-12-21(23)28(26(29)32)16-18-15-27(4)22-10-7-9-17(3)25(18)22/h7,9-12,14,18-19H,5-6,8,13,15-16H2,1-4H3,(H,30,31)/t18?,19-/m0/s1. The van der Waals surface area contributed by atoms with E-state index >= 15 is 0 Å². The molecule has 1 aliphatic rings. The second kappa shape index (κ2) is 9.33. The first-order chi connectivity index (χ1) is 15.8. The maximum atomic E-state index is 13.8. The summed E-state index contributed by atoms with van der Waals surface area (Å²) in [5.74, 6) is -0.0361. The van der Waals surface area contributed by atoms with Crippen molar-refractivity contribution in [3.05, 3.63) is 58.0 Å². The summed E-state index contributed by atoms with van der Waals surface area (Å²) in [6, 6.07) is 11.6. The number of rotatable bonds is 9. The Labute approximate surface area is 194 Å². The number of nitrogens with zero attached hydrogens (tertiary/aromatic N) is 3. The average Bonchev–Trinajstić information content (AvgIpc) is 3.22. The van der Waals surface area contributed by atoms with Gasteiger partial charge >= 0.3 is 11.7 Å². The molecule has 1 aromatic heterocycles. The number of aromatic nitrogens is 2. The molecular weight excluding hydrogens is 418 g/mol.